The summed E-state index contributed by atoms with van der Waals surface area (Å²) in [4.78, 5) is 22.5. The number of ether oxygens (including phenoxy) is 2. The van der Waals surface area contributed by atoms with Crippen molar-refractivity contribution in [2.45, 2.75) is 206 Å². The molecule has 0 aliphatic rings. The maximum atomic E-state index is 12.4. The number of esters is 1. The molecule has 50 heavy (non-hydrogen) atoms. The highest BCUT2D eigenvalue weighted by molar-refractivity contribution is 7.47. The lowest BCUT2D eigenvalue weighted by Gasteiger charge is -2.24. The Morgan fingerprint density at radius 2 is 0.920 bits per heavy atom. The topological polar surface area (TPSA) is 91.3 Å². The predicted octanol–water partition coefficient (Wildman–Crippen LogP) is 12.1. The van der Waals surface area contributed by atoms with Gasteiger partial charge in [-0.3, -0.25) is 13.8 Å². The third-order valence-electron chi connectivity index (χ3n) is 9.42. The van der Waals surface area contributed by atoms with Crippen molar-refractivity contribution < 1.29 is 37.3 Å². The third kappa shape index (κ3) is 38.7. The molecule has 0 fully saturated rings. The second-order valence-electron chi connectivity index (χ2n) is 15.7. The molecule has 0 aliphatic heterocycles. The minimum Gasteiger partial charge on any atom is -0.457 e. The molecule has 0 aromatic rings. The van der Waals surface area contributed by atoms with Gasteiger partial charge in [-0.1, -0.05) is 181 Å². The predicted molar refractivity (Wildman–Crippen MR) is 211 cm³/mol. The summed E-state index contributed by atoms with van der Waals surface area (Å²) in [5, 5.41) is 0. The molecule has 0 rings (SSSR count). The molecule has 0 bridgehead atoms. The molecule has 0 spiro atoms. The van der Waals surface area contributed by atoms with Crippen LogP contribution in [0.15, 0.2) is 0 Å². The summed E-state index contributed by atoms with van der Waals surface area (Å²) in [7, 11) is 1.68. The van der Waals surface area contributed by atoms with Gasteiger partial charge in [0.25, 0.3) is 0 Å². The number of nitrogens with zero attached hydrogens (tertiary/aromatic N) is 1. The first-order valence-electron chi connectivity index (χ1n) is 21.3. The number of phosphoric ester groups is 1. The van der Waals surface area contributed by atoms with Gasteiger partial charge in [-0.15, -0.1) is 0 Å². The molecule has 0 saturated carbocycles. The normalized spacial score (nSPS) is 13.8. The number of phosphoric acid groups is 1. The van der Waals surface area contributed by atoms with Gasteiger partial charge >= 0.3 is 13.8 Å². The molecule has 1 N–H and O–H groups in total. The first-order valence-corrected chi connectivity index (χ1v) is 22.8. The highest BCUT2D eigenvalue weighted by Crippen LogP contribution is 2.43. The Morgan fingerprint density at radius 1 is 0.540 bits per heavy atom. The summed E-state index contributed by atoms with van der Waals surface area (Å²) in [6.45, 7) is 5.58. The lowest BCUT2D eigenvalue weighted by molar-refractivity contribution is -0.870. The molecule has 0 radical (unpaired) electrons. The number of quaternary nitrogens is 1. The van der Waals surface area contributed by atoms with Crippen LogP contribution in [0, 0.1) is 0 Å². The lowest BCUT2D eigenvalue weighted by atomic mass is 10.0. The highest BCUT2D eigenvalue weighted by atomic mass is 31.2. The quantitative estimate of drug-likeness (QED) is 0.0290. The molecular weight excluding hydrogens is 649 g/mol. The van der Waals surface area contributed by atoms with Gasteiger partial charge in [0.1, 0.15) is 19.3 Å². The Kier molecular flexibility index (Phi) is 35.2. The molecule has 0 amide bonds. The summed E-state index contributed by atoms with van der Waals surface area (Å²) in [5.74, 6) is -0.322. The second kappa shape index (κ2) is 35.5. The first-order chi connectivity index (χ1) is 24.1. The number of likely N-dealkylation sites (N-methyl/N-ethyl adjacent to an activating group) is 1. The van der Waals surface area contributed by atoms with Crippen molar-refractivity contribution in [2.24, 2.45) is 0 Å². The largest absolute Gasteiger partial charge is 0.472 e. The monoisotopic (exact) mass is 735 g/mol. The number of carbonyl (C=O) groups excluding carboxylic acids is 1. The van der Waals surface area contributed by atoms with Crippen LogP contribution < -0.4 is 0 Å². The standard InChI is InChI=1S/C41H84NO7P/c1-6-8-10-12-13-14-15-16-17-18-19-20-21-22-23-24-25-26-27-28-29-31-33-36-46-38-40(49-41(43)34-32-30-11-9-7-2)39-48-50(44,45)47-37-35-42(3,4)5/h40H,6-39H2,1-5H3/p+1. The fraction of sp³-hybridized carbons (Fsp3) is 0.976. The summed E-state index contributed by atoms with van der Waals surface area (Å²) in [5.41, 5.74) is 0. The van der Waals surface area contributed by atoms with E-state index < -0.39 is 13.9 Å². The average Bonchev–Trinajstić information content (AvgIpc) is 3.06. The van der Waals surface area contributed by atoms with Crippen molar-refractivity contribution in [1.82, 2.24) is 0 Å². The van der Waals surface area contributed by atoms with E-state index in [1.165, 1.54) is 141 Å². The van der Waals surface area contributed by atoms with Crippen LogP contribution in [0.2, 0.25) is 0 Å². The number of hydrogen-bond acceptors (Lipinski definition) is 6. The van der Waals surface area contributed by atoms with Gasteiger partial charge in [0.05, 0.1) is 34.4 Å². The smallest absolute Gasteiger partial charge is 0.457 e. The van der Waals surface area contributed by atoms with E-state index in [4.69, 9.17) is 18.5 Å². The van der Waals surface area contributed by atoms with E-state index in [1.54, 1.807) is 0 Å². The van der Waals surface area contributed by atoms with Crippen molar-refractivity contribution in [3.8, 4) is 0 Å². The van der Waals surface area contributed by atoms with Crippen molar-refractivity contribution in [1.29, 1.82) is 0 Å². The molecule has 0 aromatic carbocycles. The molecule has 0 aromatic heterocycles. The molecule has 2 atom stereocenters. The summed E-state index contributed by atoms with van der Waals surface area (Å²) in [6, 6.07) is 0. The van der Waals surface area contributed by atoms with Gasteiger partial charge in [-0.2, -0.15) is 0 Å². The van der Waals surface area contributed by atoms with Crippen molar-refractivity contribution >= 4 is 13.8 Å². The van der Waals surface area contributed by atoms with E-state index in [9.17, 15) is 14.3 Å². The van der Waals surface area contributed by atoms with Crippen LogP contribution in [0.3, 0.4) is 0 Å². The van der Waals surface area contributed by atoms with E-state index in [-0.39, 0.29) is 25.8 Å². The third-order valence-corrected chi connectivity index (χ3v) is 10.4. The number of carbonyl (C=O) groups is 1. The van der Waals surface area contributed by atoms with E-state index in [2.05, 4.69) is 13.8 Å². The van der Waals surface area contributed by atoms with Crippen LogP contribution in [0.5, 0.6) is 0 Å². The zero-order valence-corrected chi connectivity index (χ0v) is 34.8. The maximum absolute atomic E-state index is 12.4. The van der Waals surface area contributed by atoms with Gasteiger partial charge in [-0.05, 0) is 12.8 Å². The van der Waals surface area contributed by atoms with Crippen LogP contribution >= 0.6 is 7.82 Å². The van der Waals surface area contributed by atoms with Crippen molar-refractivity contribution in [3.63, 3.8) is 0 Å². The van der Waals surface area contributed by atoms with Crippen LogP contribution in [0.1, 0.15) is 200 Å². The average molecular weight is 735 g/mol. The number of unbranched alkanes of at least 4 members (excludes halogenated alkanes) is 26. The highest BCUT2D eigenvalue weighted by Gasteiger charge is 2.26. The fourth-order valence-electron chi connectivity index (χ4n) is 6.08. The van der Waals surface area contributed by atoms with Gasteiger partial charge in [0, 0.05) is 13.0 Å². The number of hydrogen-bond donors (Lipinski definition) is 1. The molecule has 0 saturated heterocycles. The van der Waals surface area contributed by atoms with Gasteiger partial charge in [0.15, 0.2) is 0 Å². The molecule has 8 nitrogen and oxygen atoms in total. The Balaban J connectivity index is 3.87. The maximum Gasteiger partial charge on any atom is 0.472 e. The lowest BCUT2D eigenvalue weighted by Crippen LogP contribution is -2.37. The van der Waals surface area contributed by atoms with Crippen LogP contribution in [-0.4, -0.2) is 75.6 Å². The van der Waals surface area contributed by atoms with Gasteiger partial charge in [-0.25, -0.2) is 4.57 Å². The van der Waals surface area contributed by atoms with E-state index in [1.807, 2.05) is 21.1 Å². The summed E-state index contributed by atoms with van der Waals surface area (Å²) < 4.78 is 34.7. The van der Waals surface area contributed by atoms with Crippen LogP contribution in [0.4, 0.5) is 0 Å². The molecule has 2 unspecified atom stereocenters. The fourth-order valence-corrected chi connectivity index (χ4v) is 6.82. The summed E-state index contributed by atoms with van der Waals surface area (Å²) in [6.07, 6.45) is 36.1. The molecule has 9 heteroatoms. The molecular formula is C41H85NO7P+. The van der Waals surface area contributed by atoms with E-state index in [0.717, 1.165) is 38.5 Å². The SMILES string of the molecule is CCCCCCCCCCCCCCCCCCCCCCCCCOCC(COP(=O)(O)OCC[N+](C)(C)C)OC(=O)CCCCCCC. The number of rotatable bonds is 40. The molecule has 300 valence electrons. The van der Waals surface area contributed by atoms with Crippen molar-refractivity contribution in [2.75, 3.05) is 54.1 Å². The minimum atomic E-state index is -4.25. The van der Waals surface area contributed by atoms with E-state index >= 15 is 0 Å². The van der Waals surface area contributed by atoms with Crippen molar-refractivity contribution in [3.05, 3.63) is 0 Å². The summed E-state index contributed by atoms with van der Waals surface area (Å²) >= 11 is 0. The molecule has 0 heterocycles. The zero-order chi connectivity index (χ0) is 37.0. The Morgan fingerprint density at radius 3 is 1.32 bits per heavy atom. The Bertz CT molecular complexity index is 777. The molecule has 0 aliphatic carbocycles. The van der Waals surface area contributed by atoms with E-state index in [0.29, 0.717) is 24.1 Å². The first kappa shape index (κ1) is 49.5. The van der Waals surface area contributed by atoms with Gasteiger partial charge in [0.2, 0.25) is 0 Å². The Hall–Kier alpha value is -0.500. The zero-order valence-electron chi connectivity index (χ0n) is 33.9. The Labute approximate surface area is 310 Å². The second-order valence-corrected chi connectivity index (χ2v) is 17.2. The van der Waals surface area contributed by atoms with Crippen LogP contribution in [-0.2, 0) is 27.9 Å². The van der Waals surface area contributed by atoms with Crippen LogP contribution in [0.25, 0.3) is 0 Å². The minimum absolute atomic E-state index is 0.0928. The van der Waals surface area contributed by atoms with Gasteiger partial charge < -0.3 is 18.9 Å².